The van der Waals surface area contributed by atoms with Crippen LogP contribution in [-0.4, -0.2) is 31.0 Å². The lowest BCUT2D eigenvalue weighted by Gasteiger charge is -2.21. The normalized spacial score (nSPS) is 11.8. The third kappa shape index (κ3) is 3.20. The lowest BCUT2D eigenvalue weighted by Crippen LogP contribution is -2.17. The lowest BCUT2D eigenvalue weighted by molar-refractivity contribution is 0.442. The summed E-state index contributed by atoms with van der Waals surface area (Å²) in [5.41, 5.74) is 3.66. The van der Waals surface area contributed by atoms with E-state index in [1.165, 1.54) is 0 Å². The molecule has 7 aromatic carbocycles. The van der Waals surface area contributed by atoms with Crippen molar-refractivity contribution in [3.63, 3.8) is 0 Å². The Balaban J connectivity index is 1.57. The topological polar surface area (TPSA) is 73.8 Å². The number of hydrogen-bond acceptors (Lipinski definition) is 4. The van der Waals surface area contributed by atoms with Crippen molar-refractivity contribution in [2.24, 2.45) is 0 Å². The lowest BCUT2D eigenvalue weighted by atomic mass is 9.78. The van der Waals surface area contributed by atoms with Crippen LogP contribution in [0.4, 0.5) is 0 Å². The molecule has 1 heterocycles. The summed E-state index contributed by atoms with van der Waals surface area (Å²) >= 11 is 0. The van der Waals surface area contributed by atoms with E-state index in [0.29, 0.717) is 5.56 Å². The van der Waals surface area contributed by atoms with E-state index < -0.39 is 17.2 Å². The average molecular weight is 538 g/mol. The fourth-order valence-electron chi connectivity index (χ4n) is 6.44. The Kier molecular flexibility index (Phi) is 5.14. The third-order valence-corrected chi connectivity index (χ3v) is 8.33. The molecule has 0 amide bonds. The van der Waals surface area contributed by atoms with Crippen molar-refractivity contribution in [2.75, 3.05) is 0 Å². The number of rotatable bonds is 2. The summed E-state index contributed by atoms with van der Waals surface area (Å²) in [6.45, 7) is 0. The van der Waals surface area contributed by atoms with Gasteiger partial charge >= 0.3 is 0 Å². The molecular formula is C36H20B2O4. The van der Waals surface area contributed by atoms with Gasteiger partial charge in [0.05, 0.1) is 5.56 Å². The maximum absolute atomic E-state index is 11.1. The molecule has 0 aliphatic heterocycles. The molecule has 4 nitrogen and oxygen atoms in total. The summed E-state index contributed by atoms with van der Waals surface area (Å²) in [7, 11) is 12.1. The standard InChI is InChI=1S/C36H20B2O4/c37-31-33(39)30(34(40)32(38)35(31)41)29-22-12-5-3-10-20(22)27(21-11-4-6-13-23(21)29)24-14-7-15-26-28(24)25-17-16-18-8-1-2-9-19(18)36(25)42-26/h1-17,39-41H. The van der Waals surface area contributed by atoms with Crippen molar-refractivity contribution in [1.82, 2.24) is 0 Å². The molecule has 0 spiro atoms. The van der Waals surface area contributed by atoms with Crippen LogP contribution in [0.3, 0.4) is 0 Å². The molecule has 0 aliphatic rings. The van der Waals surface area contributed by atoms with Gasteiger partial charge in [0.15, 0.2) is 0 Å². The van der Waals surface area contributed by atoms with Gasteiger partial charge in [-0.1, -0.05) is 91.0 Å². The second-order valence-electron chi connectivity index (χ2n) is 10.5. The van der Waals surface area contributed by atoms with Crippen molar-refractivity contribution >= 4 is 80.9 Å². The van der Waals surface area contributed by atoms with E-state index in [2.05, 4.69) is 30.3 Å². The number of furan rings is 1. The number of fused-ring (bicyclic) bond motifs is 7. The fraction of sp³-hybridized carbons (Fsp3) is 0. The van der Waals surface area contributed by atoms with Gasteiger partial charge in [-0.3, -0.25) is 0 Å². The van der Waals surface area contributed by atoms with E-state index >= 15 is 0 Å². The molecule has 0 saturated carbocycles. The van der Waals surface area contributed by atoms with Gasteiger partial charge in [0.25, 0.3) is 0 Å². The molecule has 8 aromatic rings. The second kappa shape index (κ2) is 8.82. The molecule has 6 heteroatoms. The summed E-state index contributed by atoms with van der Waals surface area (Å²) in [4.78, 5) is 0. The molecule has 0 fully saturated rings. The minimum Gasteiger partial charge on any atom is -0.509 e. The SMILES string of the molecule is [B]c1c(O)c([B])c(O)c(-c2c3ccccc3c(-c3cccc4oc5c6ccccc6ccc5c34)c3ccccc23)c1O. The van der Waals surface area contributed by atoms with E-state index in [-0.39, 0.29) is 16.5 Å². The van der Waals surface area contributed by atoms with Gasteiger partial charge in [0.1, 0.15) is 44.1 Å². The summed E-state index contributed by atoms with van der Waals surface area (Å²) in [6, 6.07) is 34.2. The first kappa shape index (κ1) is 24.4. The van der Waals surface area contributed by atoms with Crippen LogP contribution in [0.25, 0.3) is 76.5 Å². The minimum absolute atomic E-state index is 0.0696. The molecule has 3 N–H and O–H groups in total. The van der Waals surface area contributed by atoms with Gasteiger partial charge in [-0.15, -0.1) is 0 Å². The van der Waals surface area contributed by atoms with E-state index in [4.69, 9.17) is 20.1 Å². The zero-order valence-corrected chi connectivity index (χ0v) is 22.2. The molecule has 0 bridgehead atoms. The van der Waals surface area contributed by atoms with Crippen molar-refractivity contribution in [3.05, 3.63) is 103 Å². The number of benzene rings is 7. The number of phenols is 3. The number of hydrogen-bond donors (Lipinski definition) is 3. The predicted molar refractivity (Wildman–Crippen MR) is 173 cm³/mol. The molecule has 0 saturated heterocycles. The molecule has 1 aromatic heterocycles. The minimum atomic E-state index is -0.551. The summed E-state index contributed by atoms with van der Waals surface area (Å²) in [5.74, 6) is -1.42. The monoisotopic (exact) mass is 538 g/mol. The smallest absolute Gasteiger partial charge is 0.143 e. The Morgan fingerprint density at radius 1 is 0.452 bits per heavy atom. The fourth-order valence-corrected chi connectivity index (χ4v) is 6.44. The van der Waals surface area contributed by atoms with Gasteiger partial charge in [0.2, 0.25) is 0 Å². The second-order valence-corrected chi connectivity index (χ2v) is 10.5. The molecule has 42 heavy (non-hydrogen) atoms. The van der Waals surface area contributed by atoms with E-state index in [1.807, 2.05) is 72.8 Å². The first-order valence-corrected chi connectivity index (χ1v) is 13.5. The van der Waals surface area contributed by atoms with Gasteiger partial charge < -0.3 is 19.7 Å². The molecule has 0 atom stereocenters. The summed E-state index contributed by atoms with van der Waals surface area (Å²) < 4.78 is 6.50. The molecule has 194 valence electrons. The highest BCUT2D eigenvalue weighted by Crippen LogP contribution is 2.50. The van der Waals surface area contributed by atoms with Gasteiger partial charge in [-0.05, 0) is 61.1 Å². The van der Waals surface area contributed by atoms with Crippen LogP contribution in [0.5, 0.6) is 17.2 Å². The predicted octanol–water partition coefficient (Wildman–Crippen LogP) is 7.08. The van der Waals surface area contributed by atoms with Crippen LogP contribution in [0.1, 0.15) is 0 Å². The van der Waals surface area contributed by atoms with E-state index in [1.54, 1.807) is 0 Å². The maximum atomic E-state index is 11.1. The van der Waals surface area contributed by atoms with Crippen molar-refractivity contribution in [1.29, 1.82) is 0 Å². The van der Waals surface area contributed by atoms with Crippen LogP contribution in [0.2, 0.25) is 0 Å². The quantitative estimate of drug-likeness (QED) is 0.163. The molecule has 0 unspecified atom stereocenters. The average Bonchev–Trinajstić information content (AvgIpc) is 3.42. The Bertz CT molecular complexity index is 2340. The van der Waals surface area contributed by atoms with Crippen LogP contribution in [0, 0.1) is 0 Å². The number of phenolic OH excluding ortho intramolecular Hbond substituents is 3. The van der Waals surface area contributed by atoms with E-state index in [9.17, 15) is 15.3 Å². The van der Waals surface area contributed by atoms with Crippen molar-refractivity contribution in [2.45, 2.75) is 0 Å². The molecular weight excluding hydrogens is 518 g/mol. The van der Waals surface area contributed by atoms with Crippen LogP contribution in [0.15, 0.2) is 108 Å². The number of aromatic hydroxyl groups is 3. The van der Waals surface area contributed by atoms with Gasteiger partial charge in [0, 0.05) is 21.7 Å². The zero-order valence-electron chi connectivity index (χ0n) is 22.2. The first-order chi connectivity index (χ1) is 20.5. The van der Waals surface area contributed by atoms with E-state index in [0.717, 1.165) is 65.4 Å². The van der Waals surface area contributed by atoms with Crippen LogP contribution < -0.4 is 10.9 Å². The molecule has 4 radical (unpaired) electrons. The van der Waals surface area contributed by atoms with Crippen molar-refractivity contribution < 1.29 is 19.7 Å². The molecule has 0 aliphatic carbocycles. The zero-order chi connectivity index (χ0) is 28.7. The highest BCUT2D eigenvalue weighted by molar-refractivity contribution is 6.45. The summed E-state index contributed by atoms with van der Waals surface area (Å²) in [5, 5.41) is 40.1. The van der Waals surface area contributed by atoms with Crippen LogP contribution >= 0.6 is 0 Å². The highest BCUT2D eigenvalue weighted by Gasteiger charge is 2.25. The summed E-state index contributed by atoms with van der Waals surface area (Å²) in [6.07, 6.45) is 0. The highest BCUT2D eigenvalue weighted by atomic mass is 16.3. The van der Waals surface area contributed by atoms with Crippen LogP contribution in [-0.2, 0) is 0 Å². The molecule has 8 rings (SSSR count). The maximum Gasteiger partial charge on any atom is 0.143 e. The Morgan fingerprint density at radius 3 is 1.62 bits per heavy atom. The third-order valence-electron chi connectivity index (χ3n) is 8.33. The van der Waals surface area contributed by atoms with Gasteiger partial charge in [-0.25, -0.2) is 0 Å². The van der Waals surface area contributed by atoms with Crippen molar-refractivity contribution in [3.8, 4) is 39.5 Å². The first-order valence-electron chi connectivity index (χ1n) is 13.5. The largest absolute Gasteiger partial charge is 0.509 e. The Labute approximate surface area is 242 Å². The Hall–Kier alpha value is -5.35. The van der Waals surface area contributed by atoms with Gasteiger partial charge in [-0.2, -0.15) is 0 Å². The Morgan fingerprint density at radius 2 is 1.00 bits per heavy atom.